The molecule has 2 saturated heterocycles. The number of carbonyl (C=O) groups excluding carboxylic acids is 4. The van der Waals surface area contributed by atoms with Crippen molar-refractivity contribution >= 4 is 70.2 Å². The molecule has 11 rings (SSSR count). The zero-order valence-corrected chi connectivity index (χ0v) is 48.0. The number of aromatic amines is 2. The van der Waals surface area contributed by atoms with Gasteiger partial charge in [-0.15, -0.1) is 0 Å². The van der Waals surface area contributed by atoms with E-state index in [1.807, 2.05) is 137 Å². The fraction of sp³-hybridized carbons (Fsp3) is 0.294. The number of rotatable bonds is 14. The molecule has 7 heterocycles. The summed E-state index contributed by atoms with van der Waals surface area (Å²) in [6, 6.07) is 44.0. The average molecular weight is 1130 g/mol. The van der Waals surface area contributed by atoms with E-state index >= 15 is 0 Å². The van der Waals surface area contributed by atoms with Gasteiger partial charge in [0, 0.05) is 89.8 Å². The summed E-state index contributed by atoms with van der Waals surface area (Å²) >= 11 is 0. The molecule has 4 aromatic carbocycles. The van der Waals surface area contributed by atoms with Gasteiger partial charge in [0.25, 0.3) is 0 Å². The summed E-state index contributed by atoms with van der Waals surface area (Å²) in [5, 5.41) is 0. The Bertz CT molecular complexity index is 3830. The summed E-state index contributed by atoms with van der Waals surface area (Å²) in [4.78, 5) is 67.2. The number of esters is 4. The molecule has 0 radical (unpaired) electrons. The summed E-state index contributed by atoms with van der Waals surface area (Å²) in [5.41, 5.74) is 12.8. The highest BCUT2D eigenvalue weighted by molar-refractivity contribution is 6.00. The number of fused-ring (bicyclic) bond motifs is 8. The lowest BCUT2D eigenvalue weighted by molar-refractivity contribution is -0.253. The van der Waals surface area contributed by atoms with Crippen molar-refractivity contribution in [3.05, 3.63) is 156 Å². The molecule has 4 aliphatic heterocycles. The molecule has 16 nitrogen and oxygen atoms in total. The van der Waals surface area contributed by atoms with Gasteiger partial charge in [0.2, 0.25) is 12.6 Å². The number of ether oxygens (including phenoxy) is 8. The summed E-state index contributed by atoms with van der Waals surface area (Å²) in [5.74, 6) is -1.61. The molecule has 0 saturated carbocycles. The minimum atomic E-state index is -1.02. The third kappa shape index (κ3) is 12.0. The molecular weight excluding hydrogens is 1060 g/mol. The minimum Gasteiger partial charge on any atom is -0.465 e. The Labute approximate surface area is 486 Å². The zero-order valence-electron chi connectivity index (χ0n) is 48.0. The van der Waals surface area contributed by atoms with E-state index in [9.17, 15) is 19.2 Å². The Morgan fingerprint density at radius 1 is 0.417 bits per heavy atom. The summed E-state index contributed by atoms with van der Waals surface area (Å²) in [7, 11) is 0. The lowest BCUT2D eigenvalue weighted by Crippen LogP contribution is -2.54. The molecule has 3 aromatic heterocycles. The highest BCUT2D eigenvalue weighted by Gasteiger charge is 2.47. The zero-order chi connectivity index (χ0) is 58.8. The number of H-pyrrole nitrogens is 2. The van der Waals surface area contributed by atoms with Crippen LogP contribution >= 0.6 is 0 Å². The van der Waals surface area contributed by atoms with Crippen LogP contribution < -0.4 is 9.47 Å². The highest BCUT2D eigenvalue weighted by atomic mass is 16.7. The molecule has 2 fully saturated rings. The van der Waals surface area contributed by atoms with Crippen molar-refractivity contribution in [1.82, 2.24) is 19.9 Å². The first-order chi connectivity index (χ1) is 40.6. The van der Waals surface area contributed by atoms with E-state index in [0.717, 1.165) is 78.0 Å². The fourth-order valence-corrected chi connectivity index (χ4v) is 11.5. The topological polar surface area (TPSA) is 199 Å². The van der Waals surface area contributed by atoms with Gasteiger partial charge in [-0.25, -0.2) is 9.97 Å². The second kappa shape index (κ2) is 24.4. The van der Waals surface area contributed by atoms with Gasteiger partial charge in [0.15, 0.2) is 6.10 Å². The van der Waals surface area contributed by atoms with Crippen molar-refractivity contribution in [2.45, 2.75) is 92.4 Å². The van der Waals surface area contributed by atoms with Gasteiger partial charge in [-0.2, -0.15) is 0 Å². The van der Waals surface area contributed by atoms with Crippen molar-refractivity contribution in [2.75, 3.05) is 13.2 Å². The quantitative estimate of drug-likeness (QED) is 0.0769. The largest absolute Gasteiger partial charge is 0.465 e. The second-order valence-corrected chi connectivity index (χ2v) is 21.8. The molecule has 10 atom stereocenters. The predicted octanol–water partition coefficient (Wildman–Crippen LogP) is 13.1. The third-order valence-electron chi connectivity index (χ3n) is 16.1. The molecule has 16 heteroatoms. The third-order valence-corrected chi connectivity index (χ3v) is 16.1. The Balaban J connectivity index is 1.08. The van der Waals surface area contributed by atoms with Crippen LogP contribution in [0.4, 0.5) is 0 Å². The molecular formula is C68H66N4O12. The maximum atomic E-state index is 12.5. The smallest absolute Gasteiger partial charge is 0.303 e. The van der Waals surface area contributed by atoms with Gasteiger partial charge < -0.3 is 47.9 Å². The number of benzene rings is 4. The molecule has 430 valence electrons. The maximum absolute atomic E-state index is 12.5. The average Bonchev–Trinajstić information content (AvgIpc) is 3.36. The van der Waals surface area contributed by atoms with Gasteiger partial charge in [-0.3, -0.25) is 19.2 Å². The molecule has 4 aliphatic rings. The van der Waals surface area contributed by atoms with Gasteiger partial charge in [0.1, 0.15) is 36.9 Å². The Kier molecular flexibility index (Phi) is 16.5. The van der Waals surface area contributed by atoms with E-state index in [2.05, 4.69) is 58.5 Å². The van der Waals surface area contributed by atoms with Crippen LogP contribution in [0.1, 0.15) is 78.2 Å². The van der Waals surface area contributed by atoms with Crippen molar-refractivity contribution < 1.29 is 57.1 Å². The van der Waals surface area contributed by atoms with E-state index in [0.29, 0.717) is 22.9 Å². The lowest BCUT2D eigenvalue weighted by atomic mass is 9.83. The fourth-order valence-electron chi connectivity index (χ4n) is 11.5. The first-order valence-electron chi connectivity index (χ1n) is 28.3. The molecule has 4 unspecified atom stereocenters. The lowest BCUT2D eigenvalue weighted by Gasteiger charge is -2.43. The second-order valence-electron chi connectivity index (χ2n) is 21.8. The van der Waals surface area contributed by atoms with E-state index in [4.69, 9.17) is 47.9 Å². The monoisotopic (exact) mass is 1130 g/mol. The summed E-state index contributed by atoms with van der Waals surface area (Å²) < 4.78 is 48.8. The standard InChI is InChI=1S/C68H66N4O12/c1-37-38(2)66(80-44(8)76)68(83-59(37)35-77-41(5)73)82-50-24-16-22-48(34-50)64-57-31-27-53(71-57)61(45-17-11-9-12-18-45)51-25-29-55(69-51)63(56-30-26-52(70-56)62(46-19-13-10-14-20-46)54-28-32-58(64)72-54)47-21-15-23-49(33-47)81-67-40(4)39(3)65(79-43(7)75)60(84-67)36-78-42(6)74/h9-34,37-40,59-60,65-69,72H,35-36H2,1-8H3/t37-,38-,39-,40+,59?,60+,65?,66?,67?,68+/m0/s1. The molecule has 0 aliphatic carbocycles. The van der Waals surface area contributed by atoms with Gasteiger partial charge in [0.05, 0.1) is 28.9 Å². The van der Waals surface area contributed by atoms with Crippen molar-refractivity contribution in [3.63, 3.8) is 0 Å². The van der Waals surface area contributed by atoms with Crippen LogP contribution in [0, 0.1) is 23.7 Å². The number of nitrogens with one attached hydrogen (secondary N) is 2. The number of aromatic nitrogens is 4. The van der Waals surface area contributed by atoms with Crippen LogP contribution in [0.3, 0.4) is 0 Å². The van der Waals surface area contributed by atoms with Crippen LogP contribution in [0.2, 0.25) is 0 Å². The minimum absolute atomic E-state index is 0.0197. The molecule has 2 N–H and O–H groups in total. The molecule has 7 aromatic rings. The molecule has 84 heavy (non-hydrogen) atoms. The Hall–Kier alpha value is -9.12. The van der Waals surface area contributed by atoms with Crippen molar-refractivity contribution in [2.24, 2.45) is 23.7 Å². The Morgan fingerprint density at radius 3 is 1.24 bits per heavy atom. The van der Waals surface area contributed by atoms with Crippen molar-refractivity contribution in [3.8, 4) is 56.0 Å². The van der Waals surface area contributed by atoms with Crippen LogP contribution in [0.5, 0.6) is 11.5 Å². The van der Waals surface area contributed by atoms with Crippen LogP contribution in [-0.4, -0.2) is 94.0 Å². The number of hydrogen-bond donors (Lipinski definition) is 2. The van der Waals surface area contributed by atoms with E-state index in [1.165, 1.54) is 27.7 Å². The summed E-state index contributed by atoms with van der Waals surface area (Å²) in [6.45, 7) is 13.2. The van der Waals surface area contributed by atoms with Gasteiger partial charge in [-0.05, 0) is 101 Å². The molecule has 0 amide bonds. The van der Waals surface area contributed by atoms with Crippen molar-refractivity contribution in [1.29, 1.82) is 0 Å². The highest BCUT2D eigenvalue weighted by Crippen LogP contribution is 2.42. The van der Waals surface area contributed by atoms with Crippen LogP contribution in [-0.2, 0) is 47.6 Å². The first-order valence-corrected chi connectivity index (χ1v) is 28.3. The Morgan fingerprint density at radius 2 is 0.798 bits per heavy atom. The summed E-state index contributed by atoms with van der Waals surface area (Å²) in [6.07, 6.45) is 3.64. The molecule has 8 bridgehead atoms. The maximum Gasteiger partial charge on any atom is 0.303 e. The van der Waals surface area contributed by atoms with Gasteiger partial charge >= 0.3 is 23.9 Å². The number of hydrogen-bond acceptors (Lipinski definition) is 14. The predicted molar refractivity (Wildman–Crippen MR) is 320 cm³/mol. The number of carbonyl (C=O) groups is 4. The van der Waals surface area contributed by atoms with Crippen LogP contribution in [0.25, 0.3) is 90.9 Å². The normalized spacial score (nSPS) is 22.6. The van der Waals surface area contributed by atoms with E-state index < -0.39 is 60.9 Å². The van der Waals surface area contributed by atoms with Crippen LogP contribution in [0.15, 0.2) is 133 Å². The SMILES string of the molecule is CC(=O)OCC1O[C@@H](Oc2cccc(-c3c4nc(c(-c5ccccc5)c5ccc([nH]5)c(-c5cccc(OC6O[C@H](COC(C)=O)C(OC(C)=O)[C@@H](C)[C@H]6C)c5)c5nc(c(-c6ccccc6)c6ccc3[nH]6)C=C5)C=C4)c2)C(OC(C)=O)[C@@H](C)[C@@H]1C. The molecule has 0 spiro atoms. The van der Waals surface area contributed by atoms with Gasteiger partial charge in [-0.1, -0.05) is 113 Å². The van der Waals surface area contributed by atoms with E-state index in [1.54, 1.807) is 0 Å². The first kappa shape index (κ1) is 56.7. The van der Waals surface area contributed by atoms with E-state index in [-0.39, 0.29) is 36.9 Å². The number of nitrogens with zero attached hydrogens (tertiary/aromatic N) is 2.